The molecule has 3 aliphatic rings. The minimum absolute atomic E-state index is 0.0460. The molecule has 1 amide bonds. The minimum Gasteiger partial charge on any atom is -0.497 e. The third-order valence-corrected chi connectivity index (χ3v) is 7.57. The Hall–Kier alpha value is -3.02. The fourth-order valence-electron chi connectivity index (χ4n) is 5.61. The summed E-state index contributed by atoms with van der Waals surface area (Å²) in [5.74, 6) is 2.54. The highest BCUT2D eigenvalue weighted by Crippen LogP contribution is 2.45. The number of piperidine rings is 1. The van der Waals surface area contributed by atoms with Crippen molar-refractivity contribution >= 4 is 11.7 Å². The molecule has 1 aliphatic carbocycles. The Labute approximate surface area is 194 Å². The van der Waals surface area contributed by atoms with Gasteiger partial charge in [-0.15, -0.1) is 0 Å². The predicted molar refractivity (Wildman–Crippen MR) is 124 cm³/mol. The van der Waals surface area contributed by atoms with Crippen molar-refractivity contribution in [2.24, 2.45) is 5.92 Å². The molecule has 1 saturated carbocycles. The van der Waals surface area contributed by atoms with Gasteiger partial charge in [0, 0.05) is 24.6 Å². The second-order valence-corrected chi connectivity index (χ2v) is 9.37. The fraction of sp³-hybridized carbons (Fsp3) is 0.481. The number of rotatable bonds is 5. The number of Topliss-reactive ketones (excluding diaryl/α,β-unsaturated/α-hetero) is 1. The van der Waals surface area contributed by atoms with E-state index in [4.69, 9.17) is 14.2 Å². The van der Waals surface area contributed by atoms with E-state index in [0.29, 0.717) is 31.5 Å². The molecule has 6 heteroatoms. The molecule has 5 rings (SSSR count). The molecule has 2 aromatic carbocycles. The fourth-order valence-corrected chi connectivity index (χ4v) is 5.61. The van der Waals surface area contributed by atoms with Crippen molar-refractivity contribution in [1.82, 2.24) is 4.90 Å². The lowest BCUT2D eigenvalue weighted by Crippen LogP contribution is -2.51. The summed E-state index contributed by atoms with van der Waals surface area (Å²) in [7, 11) is 1.62. The van der Waals surface area contributed by atoms with Crippen molar-refractivity contribution < 1.29 is 23.8 Å². The third-order valence-electron chi connectivity index (χ3n) is 7.57. The highest BCUT2D eigenvalue weighted by Gasteiger charge is 2.45. The molecule has 0 atom stereocenters. The second-order valence-electron chi connectivity index (χ2n) is 9.37. The summed E-state index contributed by atoms with van der Waals surface area (Å²) in [4.78, 5) is 28.9. The van der Waals surface area contributed by atoms with Gasteiger partial charge >= 0.3 is 0 Å². The van der Waals surface area contributed by atoms with E-state index in [9.17, 15) is 9.59 Å². The molecule has 0 radical (unpaired) electrons. The van der Waals surface area contributed by atoms with E-state index in [-0.39, 0.29) is 24.4 Å². The molecule has 6 nitrogen and oxygen atoms in total. The van der Waals surface area contributed by atoms with Crippen LogP contribution in [-0.4, -0.2) is 43.6 Å². The monoisotopic (exact) mass is 449 g/mol. The number of nitrogens with zero attached hydrogens (tertiary/aromatic N) is 1. The van der Waals surface area contributed by atoms with Crippen molar-refractivity contribution in [3.05, 3.63) is 53.6 Å². The second kappa shape index (κ2) is 9.08. The quantitative estimate of drug-likeness (QED) is 0.617. The standard InChI is InChI=1S/C27H31NO5/c1-31-22-8-5-19(6-9-22)25(29)20-11-15-28(16-12-20)26(30)27(13-3-2-4-14-27)21-7-10-23-24(17-21)33-18-32-23/h5-10,17,20H,2-4,11-16,18H2,1H3. The van der Waals surface area contributed by atoms with E-state index in [1.54, 1.807) is 7.11 Å². The van der Waals surface area contributed by atoms with Crippen molar-refractivity contribution in [3.8, 4) is 17.2 Å². The molecule has 174 valence electrons. The molecular weight excluding hydrogens is 418 g/mol. The van der Waals surface area contributed by atoms with Crippen LogP contribution < -0.4 is 14.2 Å². The Morgan fingerprint density at radius 3 is 2.33 bits per heavy atom. The molecule has 0 N–H and O–H groups in total. The molecule has 0 aromatic heterocycles. The molecule has 2 aliphatic heterocycles. The summed E-state index contributed by atoms with van der Waals surface area (Å²) in [5.41, 5.74) is 1.24. The van der Waals surface area contributed by atoms with E-state index in [2.05, 4.69) is 0 Å². The number of fused-ring (bicyclic) bond motifs is 1. The number of hydrogen-bond donors (Lipinski definition) is 0. The first-order valence-electron chi connectivity index (χ1n) is 12.0. The van der Waals surface area contributed by atoms with Gasteiger partial charge in [0.05, 0.1) is 12.5 Å². The van der Waals surface area contributed by atoms with Gasteiger partial charge < -0.3 is 19.1 Å². The maximum absolute atomic E-state index is 13.9. The average Bonchev–Trinajstić information content (AvgIpc) is 3.36. The van der Waals surface area contributed by atoms with E-state index >= 15 is 0 Å². The predicted octanol–water partition coefficient (Wildman–Crippen LogP) is 4.75. The number of carbonyl (C=O) groups excluding carboxylic acids is 2. The van der Waals surface area contributed by atoms with Gasteiger partial charge in [-0.25, -0.2) is 0 Å². The Bertz CT molecular complexity index is 1020. The first-order valence-corrected chi connectivity index (χ1v) is 12.0. The zero-order chi connectivity index (χ0) is 22.8. The molecule has 0 bridgehead atoms. The van der Waals surface area contributed by atoms with Gasteiger partial charge in [-0.2, -0.15) is 0 Å². The molecule has 0 spiro atoms. The number of likely N-dealkylation sites (tertiary alicyclic amines) is 1. The van der Waals surface area contributed by atoms with Crippen molar-refractivity contribution in [1.29, 1.82) is 0 Å². The number of methoxy groups -OCH3 is 1. The largest absolute Gasteiger partial charge is 0.497 e. The van der Waals surface area contributed by atoms with Crippen LogP contribution in [0.2, 0.25) is 0 Å². The number of hydrogen-bond acceptors (Lipinski definition) is 5. The zero-order valence-corrected chi connectivity index (χ0v) is 19.2. The van der Waals surface area contributed by atoms with Gasteiger partial charge in [0.2, 0.25) is 12.7 Å². The van der Waals surface area contributed by atoms with Crippen LogP contribution in [0.3, 0.4) is 0 Å². The van der Waals surface area contributed by atoms with Crippen LogP contribution in [0.1, 0.15) is 60.9 Å². The van der Waals surface area contributed by atoms with Gasteiger partial charge in [0.1, 0.15) is 5.75 Å². The molecule has 2 heterocycles. The van der Waals surface area contributed by atoms with Gasteiger partial charge in [-0.1, -0.05) is 25.3 Å². The molecule has 1 saturated heterocycles. The lowest BCUT2D eigenvalue weighted by molar-refractivity contribution is -0.140. The smallest absolute Gasteiger partial charge is 0.233 e. The lowest BCUT2D eigenvalue weighted by atomic mass is 9.68. The van der Waals surface area contributed by atoms with Crippen LogP contribution >= 0.6 is 0 Å². The first kappa shape index (κ1) is 21.8. The Morgan fingerprint density at radius 1 is 0.939 bits per heavy atom. The molecule has 33 heavy (non-hydrogen) atoms. The number of carbonyl (C=O) groups is 2. The topological polar surface area (TPSA) is 65.1 Å². The molecule has 0 unspecified atom stereocenters. The summed E-state index contributed by atoms with van der Waals surface area (Å²) in [6.07, 6.45) is 6.38. The number of benzene rings is 2. The van der Waals surface area contributed by atoms with Crippen LogP contribution in [-0.2, 0) is 10.2 Å². The number of ether oxygens (including phenoxy) is 3. The van der Waals surface area contributed by atoms with Crippen molar-refractivity contribution in [2.45, 2.75) is 50.4 Å². The summed E-state index contributed by atoms with van der Waals surface area (Å²) in [5, 5.41) is 0. The summed E-state index contributed by atoms with van der Waals surface area (Å²) in [6.45, 7) is 1.48. The van der Waals surface area contributed by atoms with Crippen LogP contribution in [0.5, 0.6) is 17.2 Å². The number of amides is 1. The normalized spacial score (nSPS) is 19.8. The van der Waals surface area contributed by atoms with Crippen LogP contribution in [0.4, 0.5) is 0 Å². The summed E-state index contributed by atoms with van der Waals surface area (Å²) < 4.78 is 16.3. The van der Waals surface area contributed by atoms with Gasteiger partial charge in [0.25, 0.3) is 0 Å². The van der Waals surface area contributed by atoms with Gasteiger partial charge in [-0.3, -0.25) is 9.59 Å². The average molecular weight is 450 g/mol. The van der Waals surface area contributed by atoms with E-state index < -0.39 is 5.41 Å². The maximum Gasteiger partial charge on any atom is 0.233 e. The van der Waals surface area contributed by atoms with Gasteiger partial charge in [0.15, 0.2) is 17.3 Å². The molecular formula is C27H31NO5. The highest BCUT2D eigenvalue weighted by molar-refractivity contribution is 5.98. The van der Waals surface area contributed by atoms with E-state index in [0.717, 1.165) is 54.9 Å². The zero-order valence-electron chi connectivity index (χ0n) is 19.2. The molecule has 2 fully saturated rings. The summed E-state index contributed by atoms with van der Waals surface area (Å²) >= 11 is 0. The minimum atomic E-state index is -0.508. The Balaban J connectivity index is 1.30. The van der Waals surface area contributed by atoms with Crippen LogP contribution in [0, 0.1) is 5.92 Å². The van der Waals surface area contributed by atoms with Crippen LogP contribution in [0.25, 0.3) is 0 Å². The SMILES string of the molecule is COc1ccc(C(=O)C2CCN(C(=O)C3(c4ccc5c(c4)OCO5)CCCCC3)CC2)cc1. The highest BCUT2D eigenvalue weighted by atomic mass is 16.7. The Kier molecular flexibility index (Phi) is 6.00. The van der Waals surface area contributed by atoms with Crippen LogP contribution in [0.15, 0.2) is 42.5 Å². The maximum atomic E-state index is 13.9. The van der Waals surface area contributed by atoms with E-state index in [1.807, 2.05) is 47.4 Å². The third kappa shape index (κ3) is 4.07. The number of ketones is 1. The summed E-state index contributed by atoms with van der Waals surface area (Å²) in [6, 6.07) is 13.3. The van der Waals surface area contributed by atoms with Gasteiger partial charge in [-0.05, 0) is 67.6 Å². The van der Waals surface area contributed by atoms with Crippen molar-refractivity contribution in [2.75, 3.05) is 27.0 Å². The lowest BCUT2D eigenvalue weighted by Gasteiger charge is -2.42. The van der Waals surface area contributed by atoms with Crippen molar-refractivity contribution in [3.63, 3.8) is 0 Å². The Morgan fingerprint density at radius 2 is 1.64 bits per heavy atom. The van der Waals surface area contributed by atoms with E-state index in [1.165, 1.54) is 0 Å². The first-order chi connectivity index (χ1) is 16.1. The molecule has 2 aromatic rings.